The van der Waals surface area contributed by atoms with E-state index in [1.54, 1.807) is 4.31 Å². The van der Waals surface area contributed by atoms with Crippen LogP contribution in [-0.4, -0.2) is 45.2 Å². The van der Waals surface area contributed by atoms with Gasteiger partial charge in [0.25, 0.3) is 0 Å². The number of likely N-dealkylation sites (tertiary alicyclic amines) is 1. The fourth-order valence-corrected chi connectivity index (χ4v) is 7.40. The van der Waals surface area contributed by atoms with Gasteiger partial charge in [-0.25, -0.2) is 8.42 Å². The van der Waals surface area contributed by atoms with Gasteiger partial charge in [-0.2, -0.15) is 0 Å². The molecule has 2 aliphatic carbocycles. The molecule has 1 aromatic carbocycles. The van der Waals surface area contributed by atoms with E-state index in [2.05, 4.69) is 17.9 Å². The van der Waals surface area contributed by atoms with Crippen LogP contribution in [0.4, 0.5) is 5.69 Å². The van der Waals surface area contributed by atoms with E-state index < -0.39 is 10.0 Å². The highest BCUT2D eigenvalue weighted by molar-refractivity contribution is 7.92. The Labute approximate surface area is 157 Å². The molecule has 0 aromatic heterocycles. The Balaban J connectivity index is 1.41. The molecular weight excluding hydrogens is 344 g/mol. The van der Waals surface area contributed by atoms with Gasteiger partial charge in [-0.05, 0) is 75.6 Å². The quantitative estimate of drug-likeness (QED) is 0.797. The van der Waals surface area contributed by atoms with Crippen molar-refractivity contribution >= 4 is 15.7 Å². The largest absolute Gasteiger partial charge is 0.300 e. The molecular formula is C21H30N2O2S. The molecule has 4 aliphatic rings. The van der Waals surface area contributed by atoms with Crippen molar-refractivity contribution in [1.82, 2.24) is 4.90 Å². The molecule has 1 saturated heterocycles. The molecule has 0 N–H and O–H groups in total. The third-order valence-electron chi connectivity index (χ3n) is 7.76. The number of nitrogens with zero attached hydrogens (tertiary/aromatic N) is 2. The second kappa shape index (κ2) is 5.71. The van der Waals surface area contributed by atoms with Crippen LogP contribution >= 0.6 is 0 Å². The number of benzene rings is 1. The van der Waals surface area contributed by atoms with Gasteiger partial charge in [-0.3, -0.25) is 4.31 Å². The van der Waals surface area contributed by atoms with E-state index in [9.17, 15) is 8.42 Å². The van der Waals surface area contributed by atoms with Crippen LogP contribution in [0.15, 0.2) is 18.2 Å². The summed E-state index contributed by atoms with van der Waals surface area (Å²) in [5.41, 5.74) is 3.44. The molecule has 3 fully saturated rings. The first-order valence-corrected chi connectivity index (χ1v) is 12.0. The number of aryl methyl sites for hydroxylation is 1. The molecule has 4 nitrogen and oxygen atoms in total. The van der Waals surface area contributed by atoms with E-state index in [-0.39, 0.29) is 5.41 Å². The number of rotatable bonds is 2. The van der Waals surface area contributed by atoms with Crippen molar-refractivity contribution < 1.29 is 8.42 Å². The summed E-state index contributed by atoms with van der Waals surface area (Å²) in [5.74, 6) is 1.91. The van der Waals surface area contributed by atoms with Crippen LogP contribution in [0, 0.1) is 18.8 Å². The van der Waals surface area contributed by atoms with E-state index in [1.807, 2.05) is 12.1 Å². The van der Waals surface area contributed by atoms with Crippen molar-refractivity contribution in [2.45, 2.75) is 56.9 Å². The van der Waals surface area contributed by atoms with Crippen molar-refractivity contribution in [3.63, 3.8) is 0 Å². The molecule has 2 heterocycles. The number of piperidine rings is 1. The minimum absolute atomic E-state index is 0.0125. The van der Waals surface area contributed by atoms with Gasteiger partial charge in [0.1, 0.15) is 0 Å². The summed E-state index contributed by atoms with van der Waals surface area (Å²) >= 11 is 0. The van der Waals surface area contributed by atoms with Gasteiger partial charge in [-0.15, -0.1) is 0 Å². The third kappa shape index (κ3) is 2.54. The highest BCUT2D eigenvalue weighted by Gasteiger charge is 2.49. The predicted molar refractivity (Wildman–Crippen MR) is 105 cm³/mol. The molecule has 1 unspecified atom stereocenters. The van der Waals surface area contributed by atoms with Gasteiger partial charge in [0.2, 0.25) is 10.0 Å². The summed E-state index contributed by atoms with van der Waals surface area (Å²) in [4.78, 5) is 2.74. The second-order valence-corrected chi connectivity index (χ2v) is 11.3. The highest BCUT2D eigenvalue weighted by Crippen LogP contribution is 2.51. The second-order valence-electron chi connectivity index (χ2n) is 9.35. The smallest absolute Gasteiger partial charge is 0.232 e. The minimum Gasteiger partial charge on any atom is -0.300 e. The number of anilines is 1. The lowest BCUT2D eigenvalue weighted by Gasteiger charge is -2.44. The summed E-state index contributed by atoms with van der Waals surface area (Å²) in [6.07, 6.45) is 9.27. The predicted octanol–water partition coefficient (Wildman–Crippen LogP) is 3.30. The zero-order valence-corrected chi connectivity index (χ0v) is 16.8. The number of hydrogen-bond donors (Lipinski definition) is 0. The zero-order valence-electron chi connectivity index (χ0n) is 15.9. The summed E-state index contributed by atoms with van der Waals surface area (Å²) in [6, 6.07) is 7.10. The first-order chi connectivity index (χ1) is 12.4. The van der Waals surface area contributed by atoms with Crippen molar-refractivity contribution in [3.05, 3.63) is 29.3 Å². The topological polar surface area (TPSA) is 40.6 Å². The van der Waals surface area contributed by atoms with Gasteiger partial charge in [0.05, 0.1) is 11.9 Å². The Kier molecular flexibility index (Phi) is 3.75. The SMILES string of the molecule is Cc1ccc2c(c1)C1(CCN(C3C[C@@H]4CC[C@H]3C4)CC1)CN2S(C)(=O)=O. The number of sulfonamides is 1. The molecule has 2 aliphatic heterocycles. The Bertz CT molecular complexity index is 826. The maximum Gasteiger partial charge on any atom is 0.232 e. The Morgan fingerprint density at radius 3 is 2.50 bits per heavy atom. The fourth-order valence-electron chi connectivity index (χ4n) is 6.40. The van der Waals surface area contributed by atoms with Gasteiger partial charge in [0, 0.05) is 18.0 Å². The maximum absolute atomic E-state index is 12.4. The van der Waals surface area contributed by atoms with Crippen LogP contribution in [0.2, 0.25) is 0 Å². The van der Waals surface area contributed by atoms with Crippen LogP contribution in [0.3, 0.4) is 0 Å². The molecule has 0 radical (unpaired) electrons. The van der Waals surface area contributed by atoms with Crippen molar-refractivity contribution in [2.75, 3.05) is 30.2 Å². The summed E-state index contributed by atoms with van der Waals surface area (Å²) in [7, 11) is -3.22. The Morgan fingerprint density at radius 1 is 1.12 bits per heavy atom. The first-order valence-electron chi connectivity index (χ1n) is 10.2. The monoisotopic (exact) mass is 374 g/mol. The molecule has 1 aromatic rings. The molecule has 0 amide bonds. The van der Waals surface area contributed by atoms with Crippen LogP contribution in [0.25, 0.3) is 0 Å². The van der Waals surface area contributed by atoms with Gasteiger partial charge >= 0.3 is 0 Å². The molecule has 26 heavy (non-hydrogen) atoms. The zero-order chi connectivity index (χ0) is 18.1. The van der Waals surface area contributed by atoms with Crippen LogP contribution in [-0.2, 0) is 15.4 Å². The minimum atomic E-state index is -3.22. The lowest BCUT2D eigenvalue weighted by atomic mass is 9.73. The standard InChI is InChI=1S/C21H30N2O2S/c1-15-3-6-19-18(11-15)21(14-23(19)26(2,24)25)7-9-22(10-8-21)20-13-16-4-5-17(20)12-16/h3,6,11,16-17,20H,4-5,7-10,12-14H2,1-2H3/t16-,17+,20?/m1/s1. The highest BCUT2D eigenvalue weighted by atomic mass is 32.2. The number of hydrogen-bond acceptors (Lipinski definition) is 3. The normalized spacial score (nSPS) is 33.2. The van der Waals surface area contributed by atoms with Crippen LogP contribution in [0.1, 0.15) is 49.7 Å². The van der Waals surface area contributed by atoms with Gasteiger partial charge < -0.3 is 4.90 Å². The third-order valence-corrected chi connectivity index (χ3v) is 8.89. The molecule has 2 bridgehead atoms. The average Bonchev–Trinajstić information content (AvgIpc) is 3.29. The maximum atomic E-state index is 12.4. The van der Waals surface area contributed by atoms with Crippen molar-refractivity contribution in [3.8, 4) is 0 Å². The molecule has 2 saturated carbocycles. The van der Waals surface area contributed by atoms with E-state index >= 15 is 0 Å². The van der Waals surface area contributed by atoms with E-state index in [0.29, 0.717) is 6.54 Å². The fraction of sp³-hybridized carbons (Fsp3) is 0.714. The molecule has 5 heteroatoms. The molecule has 1 spiro atoms. The van der Waals surface area contributed by atoms with Crippen molar-refractivity contribution in [1.29, 1.82) is 0 Å². The van der Waals surface area contributed by atoms with E-state index in [0.717, 1.165) is 49.5 Å². The van der Waals surface area contributed by atoms with E-state index in [4.69, 9.17) is 0 Å². The van der Waals surface area contributed by atoms with Crippen LogP contribution in [0.5, 0.6) is 0 Å². The summed E-state index contributed by atoms with van der Waals surface area (Å²) in [6.45, 7) is 4.99. The van der Waals surface area contributed by atoms with E-state index in [1.165, 1.54) is 43.1 Å². The van der Waals surface area contributed by atoms with Crippen molar-refractivity contribution in [2.24, 2.45) is 11.8 Å². The van der Waals surface area contributed by atoms with Gasteiger partial charge in [-0.1, -0.05) is 24.1 Å². The summed E-state index contributed by atoms with van der Waals surface area (Å²) in [5, 5.41) is 0. The average molecular weight is 375 g/mol. The summed E-state index contributed by atoms with van der Waals surface area (Å²) < 4.78 is 26.4. The van der Waals surface area contributed by atoms with Crippen LogP contribution < -0.4 is 4.31 Å². The molecule has 3 atom stereocenters. The molecule has 5 rings (SSSR count). The Morgan fingerprint density at radius 2 is 1.88 bits per heavy atom. The molecule has 142 valence electrons. The lowest BCUT2D eigenvalue weighted by Crippen LogP contribution is -2.50. The lowest BCUT2D eigenvalue weighted by molar-refractivity contribution is 0.0881. The Hall–Kier alpha value is -1.07. The first kappa shape index (κ1) is 17.1. The number of fused-ring (bicyclic) bond motifs is 4. The van der Waals surface area contributed by atoms with Gasteiger partial charge in [0.15, 0.2) is 0 Å².